The van der Waals surface area contributed by atoms with Crippen molar-refractivity contribution in [2.24, 2.45) is 5.92 Å². The minimum Gasteiger partial charge on any atom is -0.343 e. The maximum absolute atomic E-state index is 13.5. The number of amides is 3. The van der Waals surface area contributed by atoms with Gasteiger partial charge in [-0.25, -0.2) is 0 Å². The second-order valence-electron chi connectivity index (χ2n) is 10.2. The Labute approximate surface area is 229 Å². The molecule has 0 saturated carbocycles. The first kappa shape index (κ1) is 27.5. The largest absolute Gasteiger partial charge is 0.343 e. The van der Waals surface area contributed by atoms with Gasteiger partial charge in [0.05, 0.1) is 10.0 Å². The molecule has 0 N–H and O–H groups in total. The van der Waals surface area contributed by atoms with E-state index in [-0.39, 0.29) is 35.6 Å². The average Bonchev–Trinajstić information content (AvgIpc) is 2.93. The highest BCUT2D eigenvalue weighted by Crippen LogP contribution is 2.35. The van der Waals surface area contributed by atoms with Gasteiger partial charge in [-0.1, -0.05) is 48.3 Å². The third-order valence-corrected chi connectivity index (χ3v) is 8.72. The third-order valence-electron chi connectivity index (χ3n) is 7.98. The quantitative estimate of drug-likeness (QED) is 0.516. The molecule has 2 aromatic rings. The zero-order chi connectivity index (χ0) is 26.7. The maximum Gasteiger partial charge on any atom is 0.253 e. The monoisotopic (exact) mass is 543 g/mol. The van der Waals surface area contributed by atoms with Crippen LogP contribution in [0.25, 0.3) is 0 Å². The van der Waals surface area contributed by atoms with E-state index in [0.717, 1.165) is 12.0 Å². The molecule has 0 spiro atoms. The molecule has 2 atom stereocenters. The Morgan fingerprint density at radius 2 is 1.57 bits per heavy atom. The Morgan fingerprint density at radius 3 is 2.16 bits per heavy atom. The number of halogens is 2. The van der Waals surface area contributed by atoms with E-state index in [2.05, 4.69) is 6.92 Å². The molecule has 0 bridgehead atoms. The van der Waals surface area contributed by atoms with Gasteiger partial charge in [0, 0.05) is 63.6 Å². The summed E-state index contributed by atoms with van der Waals surface area (Å²) in [4.78, 5) is 44.2. The molecule has 0 aromatic heterocycles. The summed E-state index contributed by atoms with van der Waals surface area (Å²) in [6.07, 6.45) is 2.95. The van der Waals surface area contributed by atoms with E-state index in [1.54, 1.807) is 13.0 Å². The normalized spacial score (nSPS) is 20.6. The summed E-state index contributed by atoms with van der Waals surface area (Å²) in [5.41, 5.74) is 2.81. The minimum absolute atomic E-state index is 0.0332. The smallest absolute Gasteiger partial charge is 0.253 e. The Bertz CT molecular complexity index is 1150. The lowest BCUT2D eigenvalue weighted by Gasteiger charge is -2.44. The Kier molecular flexibility index (Phi) is 8.81. The highest BCUT2D eigenvalue weighted by molar-refractivity contribution is 6.42. The molecule has 2 aromatic carbocycles. The number of nitrogens with zero attached hydrogens (tertiary/aromatic N) is 3. The summed E-state index contributed by atoms with van der Waals surface area (Å²) >= 11 is 12.6. The van der Waals surface area contributed by atoms with Crippen molar-refractivity contribution in [3.63, 3.8) is 0 Å². The van der Waals surface area contributed by atoms with Crippen LogP contribution in [-0.4, -0.2) is 71.7 Å². The van der Waals surface area contributed by atoms with Gasteiger partial charge in [0.1, 0.15) is 0 Å². The molecular formula is C29H35Cl2N3O3. The van der Waals surface area contributed by atoms with E-state index in [1.165, 1.54) is 5.56 Å². The predicted molar refractivity (Wildman–Crippen MR) is 147 cm³/mol. The lowest BCUT2D eigenvalue weighted by atomic mass is 9.83. The number of carbonyl (C=O) groups is 3. The fourth-order valence-electron chi connectivity index (χ4n) is 5.61. The van der Waals surface area contributed by atoms with Crippen molar-refractivity contribution in [2.75, 3.05) is 33.2 Å². The molecule has 2 aliphatic rings. The van der Waals surface area contributed by atoms with E-state index in [9.17, 15) is 14.4 Å². The maximum atomic E-state index is 13.5. The van der Waals surface area contributed by atoms with Gasteiger partial charge >= 0.3 is 0 Å². The standard InChI is InChI=1S/C29H35Cl2N3O3/c1-4-20-5-7-21(8-6-20)28(36)32(3)27-13-16-34(18-24(27)23-9-10-25(30)26(31)17-23)29(37)22-11-14-33(15-12-22)19(2)35/h5-10,17,22,24,27H,4,11-16,18H2,1-3H3/t24-,27+/m0/s1. The molecule has 2 saturated heterocycles. The molecule has 198 valence electrons. The number of hydrogen-bond acceptors (Lipinski definition) is 3. The number of rotatable bonds is 5. The molecule has 2 fully saturated rings. The van der Waals surface area contributed by atoms with Gasteiger partial charge in [0.2, 0.25) is 11.8 Å². The summed E-state index contributed by atoms with van der Waals surface area (Å²) in [6.45, 7) is 5.98. The number of carbonyl (C=O) groups excluding carboxylic acids is 3. The van der Waals surface area contributed by atoms with Gasteiger partial charge in [-0.2, -0.15) is 0 Å². The molecule has 2 heterocycles. The number of aryl methyl sites for hydroxylation is 1. The van der Waals surface area contributed by atoms with E-state index in [0.29, 0.717) is 61.1 Å². The van der Waals surface area contributed by atoms with Crippen molar-refractivity contribution in [3.8, 4) is 0 Å². The van der Waals surface area contributed by atoms with Crippen LogP contribution in [-0.2, 0) is 16.0 Å². The number of benzene rings is 2. The van der Waals surface area contributed by atoms with Crippen molar-refractivity contribution < 1.29 is 14.4 Å². The summed E-state index contributed by atoms with van der Waals surface area (Å²) in [6, 6.07) is 13.2. The minimum atomic E-state index is -0.103. The molecule has 8 heteroatoms. The van der Waals surface area contributed by atoms with E-state index in [1.807, 2.05) is 58.1 Å². The first-order valence-corrected chi connectivity index (χ1v) is 13.8. The number of likely N-dealkylation sites (tertiary alicyclic amines) is 2. The first-order chi connectivity index (χ1) is 17.7. The lowest BCUT2D eigenvalue weighted by Crippen LogP contribution is -2.53. The van der Waals surface area contributed by atoms with Crippen LogP contribution < -0.4 is 0 Å². The van der Waals surface area contributed by atoms with Crippen LogP contribution in [0.4, 0.5) is 0 Å². The third kappa shape index (κ3) is 6.12. The zero-order valence-corrected chi connectivity index (χ0v) is 23.3. The fourth-order valence-corrected chi connectivity index (χ4v) is 5.92. The van der Waals surface area contributed by atoms with Gasteiger partial charge in [-0.15, -0.1) is 0 Å². The van der Waals surface area contributed by atoms with Crippen molar-refractivity contribution in [1.29, 1.82) is 0 Å². The molecule has 6 nitrogen and oxygen atoms in total. The summed E-state index contributed by atoms with van der Waals surface area (Å²) in [7, 11) is 1.85. The zero-order valence-electron chi connectivity index (χ0n) is 21.8. The molecular weight excluding hydrogens is 509 g/mol. The van der Waals surface area contributed by atoms with Gasteiger partial charge in [0.25, 0.3) is 5.91 Å². The highest BCUT2D eigenvalue weighted by Gasteiger charge is 2.39. The Hall–Kier alpha value is -2.57. The van der Waals surface area contributed by atoms with E-state index < -0.39 is 0 Å². The van der Waals surface area contributed by atoms with E-state index in [4.69, 9.17) is 23.2 Å². The molecule has 0 radical (unpaired) electrons. The van der Waals surface area contributed by atoms with Gasteiger partial charge < -0.3 is 14.7 Å². The fraction of sp³-hybridized carbons (Fsp3) is 0.483. The second kappa shape index (κ2) is 11.9. The first-order valence-electron chi connectivity index (χ1n) is 13.0. The van der Waals surface area contributed by atoms with Crippen LogP contribution in [0.15, 0.2) is 42.5 Å². The topological polar surface area (TPSA) is 60.9 Å². The van der Waals surface area contributed by atoms with Crippen molar-refractivity contribution in [1.82, 2.24) is 14.7 Å². The number of piperidine rings is 2. The second-order valence-corrected chi connectivity index (χ2v) is 11.0. The molecule has 2 aliphatic heterocycles. The average molecular weight is 545 g/mol. The molecule has 0 aliphatic carbocycles. The molecule has 0 unspecified atom stereocenters. The molecule has 4 rings (SSSR count). The number of likely N-dealkylation sites (N-methyl/N-ethyl adjacent to an activating group) is 1. The SMILES string of the molecule is CCc1ccc(C(=O)N(C)[C@@H]2CCN(C(=O)C3CCN(C(C)=O)CC3)C[C@H]2c2ccc(Cl)c(Cl)c2)cc1. The van der Waals surface area contributed by atoms with Crippen LogP contribution in [0.5, 0.6) is 0 Å². The molecule has 3 amide bonds. The van der Waals surface area contributed by atoms with Crippen LogP contribution in [0, 0.1) is 5.92 Å². The number of hydrogen-bond donors (Lipinski definition) is 0. The predicted octanol–water partition coefficient (Wildman–Crippen LogP) is 5.27. The Morgan fingerprint density at radius 1 is 0.919 bits per heavy atom. The van der Waals surface area contributed by atoms with Gasteiger partial charge in [-0.05, 0) is 61.1 Å². The summed E-state index contributed by atoms with van der Waals surface area (Å²) in [5, 5.41) is 0.936. The summed E-state index contributed by atoms with van der Waals surface area (Å²) < 4.78 is 0. The van der Waals surface area contributed by atoms with Gasteiger partial charge in [-0.3, -0.25) is 14.4 Å². The van der Waals surface area contributed by atoms with Crippen molar-refractivity contribution >= 4 is 40.9 Å². The molecule has 37 heavy (non-hydrogen) atoms. The summed E-state index contributed by atoms with van der Waals surface area (Å²) in [5.74, 6) is -0.0277. The highest BCUT2D eigenvalue weighted by atomic mass is 35.5. The van der Waals surface area contributed by atoms with Gasteiger partial charge in [0.15, 0.2) is 0 Å². The van der Waals surface area contributed by atoms with Crippen LogP contribution in [0.1, 0.15) is 60.5 Å². The van der Waals surface area contributed by atoms with Crippen LogP contribution in [0.3, 0.4) is 0 Å². The van der Waals surface area contributed by atoms with Crippen LogP contribution >= 0.6 is 23.2 Å². The van der Waals surface area contributed by atoms with Crippen molar-refractivity contribution in [3.05, 3.63) is 69.2 Å². The van der Waals surface area contributed by atoms with E-state index >= 15 is 0 Å². The lowest BCUT2D eigenvalue weighted by molar-refractivity contribution is -0.141. The Balaban J connectivity index is 1.55. The van der Waals surface area contributed by atoms with Crippen molar-refractivity contribution in [2.45, 2.75) is 51.5 Å². The van der Waals surface area contributed by atoms with Crippen LogP contribution in [0.2, 0.25) is 10.0 Å².